The number of fused-ring (bicyclic) bond motifs is 1. The molecule has 0 aromatic heterocycles. The predicted molar refractivity (Wildman–Crippen MR) is 124 cm³/mol. The van der Waals surface area contributed by atoms with Crippen molar-refractivity contribution >= 4 is 38.4 Å². The van der Waals surface area contributed by atoms with Crippen LogP contribution in [0.25, 0.3) is 10.8 Å². The number of benzene rings is 3. The first kappa shape index (κ1) is 22.9. The molecule has 0 saturated carbocycles. The number of nitrogens with zero attached hydrogens (tertiary/aromatic N) is 1. The number of amides is 1. The Morgan fingerprint density at radius 2 is 1.76 bits per heavy atom. The predicted octanol–water partition coefficient (Wildman–Crippen LogP) is 2.96. The fourth-order valence-corrected chi connectivity index (χ4v) is 5.35. The number of ether oxygens (including phenoxy) is 2. The van der Waals surface area contributed by atoms with Crippen molar-refractivity contribution < 1.29 is 27.5 Å². The minimum Gasteiger partial charge on any atom is -0.452 e. The molecule has 0 spiro atoms. The third kappa shape index (κ3) is 5.05. The van der Waals surface area contributed by atoms with Gasteiger partial charge in [0.05, 0.1) is 23.7 Å². The highest BCUT2D eigenvalue weighted by Crippen LogP contribution is 2.24. The summed E-state index contributed by atoms with van der Waals surface area (Å²) in [6.45, 7) is 2.45. The fraction of sp³-hybridized carbons (Fsp3) is 0.250. The number of hydrogen-bond donors (Lipinski definition) is 1. The maximum atomic E-state index is 13.0. The standard InChI is InChI=1S/C24H24N2O6S/c1-17-9-10-19(15-22(17)33(29,30)26-11-13-31-14-12-26)25-23(27)16-32-24(28)21-8-4-6-18-5-2-3-7-20(18)21/h2-10,15H,11-14,16H2,1H3,(H,25,27). The van der Waals surface area contributed by atoms with Crippen molar-refractivity contribution in [3.8, 4) is 0 Å². The van der Waals surface area contributed by atoms with Crippen LogP contribution in [-0.2, 0) is 24.3 Å². The average Bonchev–Trinajstić information content (AvgIpc) is 2.84. The summed E-state index contributed by atoms with van der Waals surface area (Å²) in [7, 11) is -3.72. The van der Waals surface area contributed by atoms with Gasteiger partial charge in [-0.25, -0.2) is 13.2 Å². The molecule has 1 N–H and O–H groups in total. The third-order valence-corrected chi connectivity index (χ3v) is 7.44. The van der Waals surface area contributed by atoms with Crippen LogP contribution in [0.2, 0.25) is 0 Å². The number of morpholine rings is 1. The second-order valence-corrected chi connectivity index (χ2v) is 9.55. The first-order valence-electron chi connectivity index (χ1n) is 10.5. The van der Waals surface area contributed by atoms with E-state index in [0.29, 0.717) is 30.0 Å². The van der Waals surface area contributed by atoms with Crippen LogP contribution in [0, 0.1) is 6.92 Å². The lowest BCUT2D eigenvalue weighted by molar-refractivity contribution is -0.119. The Kier molecular flexibility index (Phi) is 6.73. The number of rotatable bonds is 6. The Morgan fingerprint density at radius 3 is 2.55 bits per heavy atom. The molecule has 3 aromatic rings. The summed E-state index contributed by atoms with van der Waals surface area (Å²) in [5, 5.41) is 4.24. The van der Waals surface area contributed by atoms with Crippen LogP contribution in [0.5, 0.6) is 0 Å². The second-order valence-electron chi connectivity index (χ2n) is 7.65. The molecule has 3 aromatic carbocycles. The van der Waals surface area contributed by atoms with Crippen molar-refractivity contribution in [1.29, 1.82) is 0 Å². The molecule has 1 heterocycles. The van der Waals surface area contributed by atoms with Gasteiger partial charge in [-0.05, 0) is 41.5 Å². The zero-order valence-electron chi connectivity index (χ0n) is 18.1. The van der Waals surface area contributed by atoms with E-state index in [1.807, 2.05) is 30.3 Å². The highest BCUT2D eigenvalue weighted by molar-refractivity contribution is 7.89. The average molecular weight is 469 g/mol. The van der Waals surface area contributed by atoms with Gasteiger partial charge in [0.1, 0.15) is 0 Å². The molecule has 0 atom stereocenters. The lowest BCUT2D eigenvalue weighted by Gasteiger charge is -2.26. The zero-order valence-corrected chi connectivity index (χ0v) is 18.9. The molecule has 8 nitrogen and oxygen atoms in total. The summed E-state index contributed by atoms with van der Waals surface area (Å²) in [5.41, 5.74) is 1.25. The molecular formula is C24H24N2O6S. The van der Waals surface area contributed by atoms with Crippen LogP contribution in [-0.4, -0.2) is 57.5 Å². The molecule has 1 fully saturated rings. The summed E-state index contributed by atoms with van der Waals surface area (Å²) >= 11 is 0. The third-order valence-electron chi connectivity index (χ3n) is 5.40. The minimum atomic E-state index is -3.72. The van der Waals surface area contributed by atoms with Crippen LogP contribution in [0.15, 0.2) is 65.6 Å². The number of aryl methyl sites for hydroxylation is 1. The molecule has 172 valence electrons. The Morgan fingerprint density at radius 1 is 1.03 bits per heavy atom. The largest absolute Gasteiger partial charge is 0.452 e. The van der Waals surface area contributed by atoms with Gasteiger partial charge in [-0.2, -0.15) is 4.31 Å². The maximum absolute atomic E-state index is 13.0. The van der Waals surface area contributed by atoms with Crippen molar-refractivity contribution in [2.75, 3.05) is 38.2 Å². The van der Waals surface area contributed by atoms with E-state index in [9.17, 15) is 18.0 Å². The van der Waals surface area contributed by atoms with E-state index in [-0.39, 0.29) is 18.0 Å². The second kappa shape index (κ2) is 9.70. The number of hydrogen-bond acceptors (Lipinski definition) is 6. The Hall–Kier alpha value is -3.27. The van der Waals surface area contributed by atoms with Crippen LogP contribution in [0.1, 0.15) is 15.9 Å². The first-order valence-corrected chi connectivity index (χ1v) is 11.9. The highest BCUT2D eigenvalue weighted by atomic mass is 32.2. The zero-order chi connectivity index (χ0) is 23.4. The topological polar surface area (TPSA) is 102 Å². The van der Waals surface area contributed by atoms with E-state index in [2.05, 4.69) is 5.32 Å². The summed E-state index contributed by atoms with van der Waals surface area (Å²) in [5.74, 6) is -1.18. The first-order chi connectivity index (χ1) is 15.9. The lowest BCUT2D eigenvalue weighted by Crippen LogP contribution is -2.40. The van der Waals surface area contributed by atoms with Crippen LogP contribution in [0.4, 0.5) is 5.69 Å². The molecule has 4 rings (SSSR count). The number of carbonyl (C=O) groups excluding carboxylic acids is 2. The fourth-order valence-electron chi connectivity index (χ4n) is 3.69. The number of carbonyl (C=O) groups is 2. The Bertz CT molecular complexity index is 1290. The smallest absolute Gasteiger partial charge is 0.339 e. The quantitative estimate of drug-likeness (QED) is 0.558. The van der Waals surface area contributed by atoms with Crippen molar-refractivity contribution in [3.05, 3.63) is 71.8 Å². The molecule has 0 unspecified atom stereocenters. The number of esters is 1. The van der Waals surface area contributed by atoms with Gasteiger partial charge in [0.25, 0.3) is 5.91 Å². The van der Waals surface area contributed by atoms with Gasteiger partial charge < -0.3 is 14.8 Å². The van der Waals surface area contributed by atoms with E-state index < -0.39 is 28.5 Å². The lowest BCUT2D eigenvalue weighted by atomic mass is 10.1. The van der Waals surface area contributed by atoms with E-state index in [0.717, 1.165) is 10.8 Å². The van der Waals surface area contributed by atoms with Crippen molar-refractivity contribution in [2.45, 2.75) is 11.8 Å². The minimum absolute atomic E-state index is 0.120. The summed E-state index contributed by atoms with van der Waals surface area (Å²) in [6.07, 6.45) is 0. The molecular weight excluding hydrogens is 444 g/mol. The van der Waals surface area contributed by atoms with E-state index in [1.54, 1.807) is 31.2 Å². The van der Waals surface area contributed by atoms with Crippen molar-refractivity contribution in [1.82, 2.24) is 4.31 Å². The maximum Gasteiger partial charge on any atom is 0.339 e. The molecule has 1 amide bonds. The molecule has 9 heteroatoms. The van der Waals surface area contributed by atoms with Crippen molar-refractivity contribution in [3.63, 3.8) is 0 Å². The molecule has 33 heavy (non-hydrogen) atoms. The summed E-state index contributed by atoms with van der Waals surface area (Å²) < 4.78 is 37.8. The van der Waals surface area contributed by atoms with Gasteiger partial charge in [-0.3, -0.25) is 4.79 Å². The van der Waals surface area contributed by atoms with Crippen LogP contribution >= 0.6 is 0 Å². The van der Waals surface area contributed by atoms with Gasteiger partial charge in [-0.1, -0.05) is 42.5 Å². The number of sulfonamides is 1. The normalized spacial score (nSPS) is 14.7. The van der Waals surface area contributed by atoms with E-state index in [4.69, 9.17) is 9.47 Å². The number of anilines is 1. The van der Waals surface area contributed by atoms with Crippen molar-refractivity contribution in [2.24, 2.45) is 0 Å². The highest BCUT2D eigenvalue weighted by Gasteiger charge is 2.28. The summed E-state index contributed by atoms with van der Waals surface area (Å²) in [4.78, 5) is 25.0. The van der Waals surface area contributed by atoms with Gasteiger partial charge >= 0.3 is 5.97 Å². The SMILES string of the molecule is Cc1ccc(NC(=O)COC(=O)c2cccc3ccccc23)cc1S(=O)(=O)N1CCOCC1. The molecule has 0 radical (unpaired) electrons. The van der Waals surface area contributed by atoms with Gasteiger partial charge in [0.15, 0.2) is 6.61 Å². The van der Waals surface area contributed by atoms with Crippen LogP contribution in [0.3, 0.4) is 0 Å². The molecule has 0 aliphatic carbocycles. The van der Waals surface area contributed by atoms with Crippen LogP contribution < -0.4 is 5.32 Å². The molecule has 1 aliphatic rings. The number of nitrogens with one attached hydrogen (secondary N) is 1. The molecule has 1 saturated heterocycles. The van der Waals surface area contributed by atoms with E-state index in [1.165, 1.54) is 10.4 Å². The Labute approximate surface area is 192 Å². The monoisotopic (exact) mass is 468 g/mol. The molecule has 1 aliphatic heterocycles. The Balaban J connectivity index is 1.43. The van der Waals surface area contributed by atoms with Gasteiger partial charge in [0.2, 0.25) is 10.0 Å². The van der Waals surface area contributed by atoms with Gasteiger partial charge in [-0.15, -0.1) is 0 Å². The van der Waals surface area contributed by atoms with Gasteiger partial charge in [0, 0.05) is 18.8 Å². The summed E-state index contributed by atoms with van der Waals surface area (Å²) in [6, 6.07) is 17.3. The molecule has 0 bridgehead atoms. The van der Waals surface area contributed by atoms with E-state index >= 15 is 0 Å².